The van der Waals surface area contributed by atoms with E-state index in [1.165, 1.54) is 0 Å². The van der Waals surface area contributed by atoms with Crippen LogP contribution >= 0.6 is 12.2 Å². The summed E-state index contributed by atoms with van der Waals surface area (Å²) in [6, 6.07) is 7.90. The Morgan fingerprint density at radius 3 is 2.72 bits per heavy atom. The Labute approximate surface area is 113 Å². The average molecular weight is 262 g/mol. The van der Waals surface area contributed by atoms with E-state index in [-0.39, 0.29) is 5.54 Å². The number of thiocarbonyl (C=S) groups is 1. The lowest BCUT2D eigenvalue weighted by molar-refractivity contribution is 0.341. The molecule has 0 radical (unpaired) electrons. The molecule has 0 saturated carbocycles. The van der Waals surface area contributed by atoms with Crippen molar-refractivity contribution >= 4 is 23.0 Å². The molecule has 0 spiro atoms. The lowest BCUT2D eigenvalue weighted by Gasteiger charge is -2.35. The van der Waals surface area contributed by atoms with E-state index in [1.807, 2.05) is 42.3 Å². The van der Waals surface area contributed by atoms with Crippen LogP contribution in [0.5, 0.6) is 5.75 Å². The van der Waals surface area contributed by atoms with Gasteiger partial charge in [-0.1, -0.05) is 12.1 Å². The maximum Gasteiger partial charge on any atom is 0.178 e. The zero-order chi connectivity index (χ0) is 13.2. The van der Waals surface area contributed by atoms with Gasteiger partial charge < -0.3 is 10.1 Å². The van der Waals surface area contributed by atoms with E-state index in [4.69, 9.17) is 17.0 Å². The minimum atomic E-state index is -0.103. The van der Waals surface area contributed by atoms with Crippen molar-refractivity contribution in [2.75, 3.05) is 11.5 Å². The van der Waals surface area contributed by atoms with Crippen molar-refractivity contribution in [3.63, 3.8) is 0 Å². The molecule has 1 N–H and O–H groups in total. The standard InChI is InChI=1S/C14H18N2OS/c1-4-17-12-8-6-5-7-11(12)16-10-9-14(2,3)15-13(16)18/h5-10H,4H2,1-3H3,(H,15,18). The van der Waals surface area contributed by atoms with Gasteiger partial charge in [0.25, 0.3) is 0 Å². The average Bonchev–Trinajstić information content (AvgIpc) is 2.30. The van der Waals surface area contributed by atoms with E-state index >= 15 is 0 Å². The molecule has 0 atom stereocenters. The number of hydrogen-bond donors (Lipinski definition) is 1. The van der Waals surface area contributed by atoms with E-state index in [2.05, 4.69) is 25.2 Å². The molecule has 0 saturated heterocycles. The molecule has 18 heavy (non-hydrogen) atoms. The third-order valence-electron chi connectivity index (χ3n) is 2.71. The Hall–Kier alpha value is -1.55. The topological polar surface area (TPSA) is 24.5 Å². The van der Waals surface area contributed by atoms with E-state index in [0.717, 1.165) is 11.4 Å². The number of hydrogen-bond acceptors (Lipinski definition) is 2. The van der Waals surface area contributed by atoms with Crippen molar-refractivity contribution in [1.29, 1.82) is 0 Å². The molecular formula is C14H18N2OS. The SMILES string of the molecule is CCOc1ccccc1N1C=CC(C)(C)NC1=S. The van der Waals surface area contributed by atoms with Gasteiger partial charge in [-0.3, -0.25) is 4.90 Å². The van der Waals surface area contributed by atoms with Gasteiger partial charge in [0, 0.05) is 6.20 Å². The molecule has 0 amide bonds. The van der Waals surface area contributed by atoms with Crippen molar-refractivity contribution in [3.05, 3.63) is 36.5 Å². The fourth-order valence-corrected chi connectivity index (χ4v) is 2.25. The first-order valence-electron chi connectivity index (χ1n) is 6.06. The van der Waals surface area contributed by atoms with Crippen molar-refractivity contribution < 1.29 is 4.74 Å². The maximum atomic E-state index is 5.63. The van der Waals surface area contributed by atoms with Gasteiger partial charge in [-0.25, -0.2) is 0 Å². The molecule has 2 rings (SSSR count). The first-order chi connectivity index (χ1) is 8.53. The molecule has 96 valence electrons. The van der Waals surface area contributed by atoms with Crippen LogP contribution in [0.4, 0.5) is 5.69 Å². The number of para-hydroxylation sites is 2. The second-order valence-corrected chi connectivity index (χ2v) is 5.13. The van der Waals surface area contributed by atoms with Gasteiger partial charge in [-0.05, 0) is 51.2 Å². The highest BCUT2D eigenvalue weighted by Crippen LogP contribution is 2.30. The fourth-order valence-electron chi connectivity index (χ4n) is 1.83. The predicted octanol–water partition coefficient (Wildman–Crippen LogP) is 3.07. The summed E-state index contributed by atoms with van der Waals surface area (Å²) >= 11 is 5.41. The van der Waals surface area contributed by atoms with Crippen molar-refractivity contribution in [2.45, 2.75) is 26.3 Å². The summed E-state index contributed by atoms with van der Waals surface area (Å²) in [7, 11) is 0. The Bertz CT molecular complexity index is 482. The molecule has 1 heterocycles. The first kappa shape index (κ1) is 12.9. The Kier molecular flexibility index (Phi) is 3.57. The van der Waals surface area contributed by atoms with Gasteiger partial charge >= 0.3 is 0 Å². The molecule has 0 bridgehead atoms. The third kappa shape index (κ3) is 2.64. The van der Waals surface area contributed by atoms with Crippen LogP contribution in [-0.2, 0) is 0 Å². The van der Waals surface area contributed by atoms with Crippen LogP contribution in [0, 0.1) is 0 Å². The highest BCUT2D eigenvalue weighted by molar-refractivity contribution is 7.80. The molecule has 1 aliphatic heterocycles. The minimum Gasteiger partial charge on any atom is -0.492 e. The molecular weight excluding hydrogens is 244 g/mol. The maximum absolute atomic E-state index is 5.63. The summed E-state index contributed by atoms with van der Waals surface area (Å²) in [5.74, 6) is 0.841. The van der Waals surface area contributed by atoms with Crippen LogP contribution < -0.4 is 15.0 Å². The normalized spacial score (nSPS) is 17.5. The minimum absolute atomic E-state index is 0.103. The van der Waals surface area contributed by atoms with Crippen LogP contribution in [-0.4, -0.2) is 17.3 Å². The van der Waals surface area contributed by atoms with Gasteiger partial charge in [-0.15, -0.1) is 0 Å². The molecule has 1 aromatic rings. The lowest BCUT2D eigenvalue weighted by Crippen LogP contribution is -2.51. The summed E-state index contributed by atoms with van der Waals surface area (Å²) in [6.07, 6.45) is 4.09. The quantitative estimate of drug-likeness (QED) is 0.846. The summed E-state index contributed by atoms with van der Waals surface area (Å²) < 4.78 is 5.63. The first-order valence-corrected chi connectivity index (χ1v) is 6.47. The van der Waals surface area contributed by atoms with Gasteiger partial charge in [0.2, 0.25) is 0 Å². The molecule has 0 fully saturated rings. The molecule has 0 unspecified atom stereocenters. The highest BCUT2D eigenvalue weighted by Gasteiger charge is 2.25. The Morgan fingerprint density at radius 1 is 1.33 bits per heavy atom. The smallest absolute Gasteiger partial charge is 0.178 e. The Balaban J connectivity index is 2.35. The molecule has 4 heteroatoms. The second kappa shape index (κ2) is 4.98. The molecule has 1 aromatic carbocycles. The van der Waals surface area contributed by atoms with Gasteiger partial charge in [0.1, 0.15) is 5.75 Å². The van der Waals surface area contributed by atoms with Crippen molar-refractivity contribution in [3.8, 4) is 5.75 Å². The fraction of sp³-hybridized carbons (Fsp3) is 0.357. The molecule has 0 aromatic heterocycles. The number of nitrogens with zero attached hydrogens (tertiary/aromatic N) is 1. The van der Waals surface area contributed by atoms with E-state index in [1.54, 1.807) is 0 Å². The highest BCUT2D eigenvalue weighted by atomic mass is 32.1. The lowest BCUT2D eigenvalue weighted by atomic mass is 10.0. The monoisotopic (exact) mass is 262 g/mol. The Morgan fingerprint density at radius 2 is 2.06 bits per heavy atom. The number of nitrogens with one attached hydrogen (secondary N) is 1. The number of ether oxygens (including phenoxy) is 1. The predicted molar refractivity (Wildman–Crippen MR) is 79.0 cm³/mol. The van der Waals surface area contributed by atoms with Crippen LogP contribution in [0.15, 0.2) is 36.5 Å². The zero-order valence-electron chi connectivity index (χ0n) is 10.9. The summed E-state index contributed by atoms with van der Waals surface area (Å²) in [5.41, 5.74) is 0.859. The third-order valence-corrected chi connectivity index (χ3v) is 3.01. The number of anilines is 1. The number of rotatable bonds is 3. The largest absolute Gasteiger partial charge is 0.492 e. The summed E-state index contributed by atoms with van der Waals surface area (Å²) in [5, 5.41) is 3.98. The summed E-state index contributed by atoms with van der Waals surface area (Å²) in [6.45, 7) is 6.78. The van der Waals surface area contributed by atoms with E-state index in [9.17, 15) is 0 Å². The van der Waals surface area contributed by atoms with Crippen molar-refractivity contribution in [1.82, 2.24) is 5.32 Å². The molecule has 3 nitrogen and oxygen atoms in total. The van der Waals surface area contributed by atoms with E-state index in [0.29, 0.717) is 11.7 Å². The molecule has 1 aliphatic rings. The zero-order valence-corrected chi connectivity index (χ0v) is 11.8. The van der Waals surface area contributed by atoms with Gasteiger partial charge in [0.15, 0.2) is 5.11 Å². The second-order valence-electron chi connectivity index (χ2n) is 4.74. The molecule has 0 aliphatic carbocycles. The van der Waals surface area contributed by atoms with Crippen LogP contribution in [0.25, 0.3) is 0 Å². The van der Waals surface area contributed by atoms with Gasteiger partial charge in [0.05, 0.1) is 17.8 Å². The summed E-state index contributed by atoms with van der Waals surface area (Å²) in [4.78, 5) is 1.94. The van der Waals surface area contributed by atoms with Gasteiger partial charge in [-0.2, -0.15) is 0 Å². The van der Waals surface area contributed by atoms with Crippen LogP contribution in [0.1, 0.15) is 20.8 Å². The number of benzene rings is 1. The van der Waals surface area contributed by atoms with Crippen LogP contribution in [0.3, 0.4) is 0 Å². The van der Waals surface area contributed by atoms with Crippen molar-refractivity contribution in [2.24, 2.45) is 0 Å². The van der Waals surface area contributed by atoms with E-state index < -0.39 is 0 Å². The van der Waals surface area contributed by atoms with Crippen LogP contribution in [0.2, 0.25) is 0 Å².